The summed E-state index contributed by atoms with van der Waals surface area (Å²) in [5.74, 6) is 0.597. The van der Waals surface area contributed by atoms with E-state index in [0.717, 1.165) is 61.2 Å². The van der Waals surface area contributed by atoms with E-state index >= 15 is 0 Å². The molecule has 2 heterocycles. The number of hydrogen-bond acceptors (Lipinski definition) is 4. The van der Waals surface area contributed by atoms with Crippen molar-refractivity contribution in [2.75, 3.05) is 4.90 Å². The highest BCUT2D eigenvalue weighted by Crippen LogP contribution is 2.42. The van der Waals surface area contributed by atoms with Crippen molar-refractivity contribution in [2.24, 2.45) is 0 Å². The van der Waals surface area contributed by atoms with Crippen LogP contribution in [0.15, 0.2) is 191 Å². The minimum absolute atomic E-state index is 0.597. The molecule has 240 valence electrons. The number of nitrogens with zero attached hydrogens (tertiary/aromatic N) is 2. The van der Waals surface area contributed by atoms with Crippen molar-refractivity contribution in [1.29, 1.82) is 0 Å². The summed E-state index contributed by atoms with van der Waals surface area (Å²) < 4.78 is 12.8. The Labute approximate surface area is 294 Å². The Morgan fingerprint density at radius 1 is 0.392 bits per heavy atom. The van der Waals surface area contributed by atoms with Crippen molar-refractivity contribution in [3.8, 4) is 33.7 Å². The minimum Gasteiger partial charge on any atom is -0.456 e. The van der Waals surface area contributed by atoms with Crippen LogP contribution in [0.1, 0.15) is 0 Å². The fourth-order valence-electron chi connectivity index (χ4n) is 7.25. The van der Waals surface area contributed by atoms with Gasteiger partial charge in [-0.3, -0.25) is 0 Å². The summed E-state index contributed by atoms with van der Waals surface area (Å²) in [5, 5.41) is 4.41. The zero-order chi connectivity index (χ0) is 33.7. The highest BCUT2D eigenvalue weighted by molar-refractivity contribution is 6.17. The maximum absolute atomic E-state index is 6.55. The number of hydrogen-bond donors (Lipinski definition) is 0. The Morgan fingerprint density at radius 2 is 1.04 bits per heavy atom. The lowest BCUT2D eigenvalue weighted by molar-refractivity contribution is 0.619. The molecule has 0 fully saturated rings. The van der Waals surface area contributed by atoms with E-state index < -0.39 is 0 Å². The van der Waals surface area contributed by atoms with Crippen LogP contribution < -0.4 is 4.90 Å². The molecule has 0 saturated carbocycles. The second kappa shape index (κ2) is 11.9. The molecule has 0 amide bonds. The van der Waals surface area contributed by atoms with Crippen LogP contribution in [0.2, 0.25) is 0 Å². The zero-order valence-corrected chi connectivity index (χ0v) is 27.5. The Morgan fingerprint density at radius 3 is 1.88 bits per heavy atom. The predicted octanol–water partition coefficient (Wildman–Crippen LogP) is 13.4. The molecule has 0 N–H and O–H groups in total. The highest BCUT2D eigenvalue weighted by atomic mass is 16.4. The van der Waals surface area contributed by atoms with E-state index in [1.165, 1.54) is 27.5 Å². The molecule has 0 spiro atoms. The van der Waals surface area contributed by atoms with E-state index in [1.54, 1.807) is 0 Å². The van der Waals surface area contributed by atoms with Gasteiger partial charge in [0, 0.05) is 34.1 Å². The van der Waals surface area contributed by atoms with Crippen LogP contribution in [0.25, 0.3) is 77.5 Å². The summed E-state index contributed by atoms with van der Waals surface area (Å²) in [6.45, 7) is 0. The van der Waals surface area contributed by atoms with Crippen LogP contribution in [-0.2, 0) is 0 Å². The second-order valence-corrected chi connectivity index (χ2v) is 12.8. The molecule has 0 saturated heterocycles. The van der Waals surface area contributed by atoms with Crippen molar-refractivity contribution < 1.29 is 8.83 Å². The average molecular weight is 655 g/mol. The van der Waals surface area contributed by atoms with Crippen LogP contribution in [0.5, 0.6) is 0 Å². The van der Waals surface area contributed by atoms with Gasteiger partial charge in [-0.1, -0.05) is 115 Å². The molecule has 10 aromatic rings. The molecule has 0 aliphatic rings. The third kappa shape index (κ3) is 5.04. The normalized spacial score (nSPS) is 11.5. The maximum Gasteiger partial charge on any atom is 0.227 e. The number of benzene rings is 8. The molecule has 8 aromatic carbocycles. The zero-order valence-electron chi connectivity index (χ0n) is 27.5. The Balaban J connectivity index is 1.13. The quantitative estimate of drug-likeness (QED) is 0.179. The molecule has 2 aromatic heterocycles. The van der Waals surface area contributed by atoms with Crippen LogP contribution in [-0.4, -0.2) is 4.98 Å². The Bertz CT molecular complexity index is 2850. The number of oxazole rings is 1. The van der Waals surface area contributed by atoms with Crippen LogP contribution >= 0.6 is 0 Å². The molecule has 0 aliphatic carbocycles. The molecular formula is C47H30N2O2. The second-order valence-electron chi connectivity index (χ2n) is 12.8. The number of anilines is 3. The van der Waals surface area contributed by atoms with Gasteiger partial charge in [0.1, 0.15) is 16.7 Å². The first-order chi connectivity index (χ1) is 25.3. The third-order valence-corrected chi connectivity index (χ3v) is 9.69. The first-order valence-electron chi connectivity index (χ1n) is 17.1. The van der Waals surface area contributed by atoms with Gasteiger partial charge in [-0.2, -0.15) is 0 Å². The third-order valence-electron chi connectivity index (χ3n) is 9.69. The van der Waals surface area contributed by atoms with Crippen molar-refractivity contribution >= 4 is 60.9 Å². The first kappa shape index (κ1) is 29.0. The van der Waals surface area contributed by atoms with Crippen LogP contribution in [0.3, 0.4) is 0 Å². The van der Waals surface area contributed by atoms with E-state index in [1.807, 2.05) is 48.5 Å². The minimum atomic E-state index is 0.597. The summed E-state index contributed by atoms with van der Waals surface area (Å²) >= 11 is 0. The van der Waals surface area contributed by atoms with E-state index in [4.69, 9.17) is 13.8 Å². The van der Waals surface area contributed by atoms with Gasteiger partial charge in [0.2, 0.25) is 5.89 Å². The lowest BCUT2D eigenvalue weighted by Gasteiger charge is -2.26. The maximum atomic E-state index is 6.55. The predicted molar refractivity (Wildman–Crippen MR) is 210 cm³/mol. The summed E-state index contributed by atoms with van der Waals surface area (Å²) in [5.41, 5.74) is 11.8. The SMILES string of the molecule is c1ccc(-c2ccc(N(c3cccc(-c4cccc5ccccc45)c3)c3ccc4c(c3)oc3ccc5oc(-c6ccccc6)nc5c34)cc2)cc1. The fraction of sp³-hybridized carbons (Fsp3) is 0. The first-order valence-corrected chi connectivity index (χ1v) is 17.1. The molecule has 10 rings (SSSR count). The van der Waals surface area contributed by atoms with Crippen molar-refractivity contribution in [2.45, 2.75) is 0 Å². The summed E-state index contributed by atoms with van der Waals surface area (Å²) in [6.07, 6.45) is 0. The number of rotatable bonds is 6. The topological polar surface area (TPSA) is 42.4 Å². The summed E-state index contributed by atoms with van der Waals surface area (Å²) in [7, 11) is 0. The standard InChI is InChI=1S/C47H30N2O2/c1-3-11-31(12-4-1)32-21-23-36(24-22-32)49(37-18-9-17-35(29-37)40-20-10-16-33-13-7-8-19-39(33)40)38-25-26-41-44(30-38)50-42-27-28-43-46(45(41)42)48-47(51-43)34-14-5-2-6-15-34/h1-30H. The van der Waals surface area contributed by atoms with Gasteiger partial charge in [0.25, 0.3) is 0 Å². The van der Waals surface area contributed by atoms with Crippen molar-refractivity contribution in [1.82, 2.24) is 4.98 Å². The molecule has 0 aliphatic heterocycles. The molecule has 0 radical (unpaired) electrons. The van der Waals surface area contributed by atoms with E-state index in [0.29, 0.717) is 5.89 Å². The number of aromatic nitrogens is 1. The molecule has 51 heavy (non-hydrogen) atoms. The molecule has 0 unspecified atom stereocenters. The van der Waals surface area contributed by atoms with Gasteiger partial charge < -0.3 is 13.7 Å². The van der Waals surface area contributed by atoms with Crippen LogP contribution in [0.4, 0.5) is 17.1 Å². The Hall–Kier alpha value is -6.91. The lowest BCUT2D eigenvalue weighted by Crippen LogP contribution is -2.10. The van der Waals surface area contributed by atoms with E-state index in [2.05, 4.69) is 138 Å². The Kier molecular flexibility index (Phi) is 6.78. The van der Waals surface area contributed by atoms with E-state index in [-0.39, 0.29) is 0 Å². The largest absolute Gasteiger partial charge is 0.456 e. The van der Waals surface area contributed by atoms with Crippen molar-refractivity contribution in [3.63, 3.8) is 0 Å². The lowest BCUT2D eigenvalue weighted by atomic mass is 9.97. The molecule has 0 bridgehead atoms. The van der Waals surface area contributed by atoms with E-state index in [9.17, 15) is 0 Å². The van der Waals surface area contributed by atoms with Gasteiger partial charge in [-0.05, 0) is 93.7 Å². The van der Waals surface area contributed by atoms with Crippen molar-refractivity contribution in [3.05, 3.63) is 182 Å². The molecule has 4 nitrogen and oxygen atoms in total. The smallest absolute Gasteiger partial charge is 0.227 e. The van der Waals surface area contributed by atoms with Gasteiger partial charge in [0.05, 0.1) is 5.39 Å². The summed E-state index contributed by atoms with van der Waals surface area (Å²) in [4.78, 5) is 7.24. The molecular weight excluding hydrogens is 625 g/mol. The van der Waals surface area contributed by atoms with Gasteiger partial charge in [-0.25, -0.2) is 4.98 Å². The fourth-order valence-corrected chi connectivity index (χ4v) is 7.25. The van der Waals surface area contributed by atoms with Crippen LogP contribution in [0, 0.1) is 0 Å². The number of fused-ring (bicyclic) bond motifs is 6. The van der Waals surface area contributed by atoms with Gasteiger partial charge in [0.15, 0.2) is 5.58 Å². The molecule has 0 atom stereocenters. The molecule has 4 heteroatoms. The van der Waals surface area contributed by atoms with Gasteiger partial charge >= 0.3 is 0 Å². The monoisotopic (exact) mass is 654 g/mol. The highest BCUT2D eigenvalue weighted by Gasteiger charge is 2.20. The number of furan rings is 1. The average Bonchev–Trinajstić information content (AvgIpc) is 3.80. The summed E-state index contributed by atoms with van der Waals surface area (Å²) in [6, 6.07) is 63.5. The van der Waals surface area contributed by atoms with Gasteiger partial charge in [-0.15, -0.1) is 0 Å².